The summed E-state index contributed by atoms with van der Waals surface area (Å²) in [5.41, 5.74) is 3.04. The van der Waals surface area contributed by atoms with Gasteiger partial charge in [-0.2, -0.15) is 0 Å². The number of benzene rings is 2. The van der Waals surface area contributed by atoms with Gasteiger partial charge in [0, 0.05) is 29.1 Å². The molecule has 1 fully saturated rings. The molecule has 0 atom stereocenters. The Labute approximate surface area is 165 Å². The third kappa shape index (κ3) is 3.59. The third-order valence-corrected chi connectivity index (χ3v) is 5.93. The first kappa shape index (κ1) is 18.5. The number of aromatic nitrogens is 1. The molecule has 144 valence electrons. The normalized spacial score (nSPS) is 15.5. The summed E-state index contributed by atoms with van der Waals surface area (Å²) in [7, 11) is 1.72. The first-order valence-electron chi connectivity index (χ1n) is 9.95. The highest BCUT2D eigenvalue weighted by Gasteiger charge is 2.38. The molecular formula is C24H26N2O2. The van der Waals surface area contributed by atoms with Gasteiger partial charge in [-0.1, -0.05) is 55.3 Å². The fraction of sp³-hybridized carbons (Fsp3) is 0.333. The van der Waals surface area contributed by atoms with Crippen molar-refractivity contribution in [2.75, 3.05) is 13.7 Å². The fourth-order valence-electron chi connectivity index (χ4n) is 4.49. The number of para-hydroxylation sites is 2. The second-order valence-corrected chi connectivity index (χ2v) is 7.63. The SMILES string of the molecule is COc1ccccc1C1(CNC(=O)Cc2cccc3cccnc23)CCCC1. The maximum Gasteiger partial charge on any atom is 0.224 e. The van der Waals surface area contributed by atoms with Crippen molar-refractivity contribution in [1.82, 2.24) is 10.3 Å². The molecule has 0 saturated heterocycles. The number of pyridine rings is 1. The molecule has 1 aliphatic carbocycles. The average molecular weight is 374 g/mol. The highest BCUT2D eigenvalue weighted by atomic mass is 16.5. The lowest BCUT2D eigenvalue weighted by Crippen LogP contribution is -2.39. The lowest BCUT2D eigenvalue weighted by Gasteiger charge is -2.31. The molecule has 1 aromatic heterocycles. The molecule has 1 N–H and O–H groups in total. The second kappa shape index (κ2) is 8.01. The Morgan fingerprint density at radius 2 is 1.86 bits per heavy atom. The molecule has 1 aliphatic rings. The number of methoxy groups -OCH3 is 1. The van der Waals surface area contributed by atoms with E-state index in [0.717, 1.165) is 35.1 Å². The van der Waals surface area contributed by atoms with Crippen LogP contribution in [0.2, 0.25) is 0 Å². The van der Waals surface area contributed by atoms with Gasteiger partial charge in [-0.3, -0.25) is 9.78 Å². The number of nitrogens with zero attached hydrogens (tertiary/aromatic N) is 1. The largest absolute Gasteiger partial charge is 0.496 e. The number of ether oxygens (including phenoxy) is 1. The first-order chi connectivity index (χ1) is 13.7. The Bertz CT molecular complexity index is 972. The zero-order valence-electron chi connectivity index (χ0n) is 16.3. The van der Waals surface area contributed by atoms with E-state index in [0.29, 0.717) is 13.0 Å². The van der Waals surface area contributed by atoms with Gasteiger partial charge < -0.3 is 10.1 Å². The van der Waals surface area contributed by atoms with Crippen molar-refractivity contribution in [1.29, 1.82) is 0 Å². The topological polar surface area (TPSA) is 51.2 Å². The van der Waals surface area contributed by atoms with Crippen molar-refractivity contribution >= 4 is 16.8 Å². The molecule has 1 heterocycles. The lowest BCUT2D eigenvalue weighted by molar-refractivity contribution is -0.120. The second-order valence-electron chi connectivity index (χ2n) is 7.63. The number of hydrogen-bond donors (Lipinski definition) is 1. The summed E-state index contributed by atoms with van der Waals surface area (Å²) >= 11 is 0. The van der Waals surface area contributed by atoms with Crippen LogP contribution in [-0.2, 0) is 16.6 Å². The van der Waals surface area contributed by atoms with Crippen LogP contribution in [-0.4, -0.2) is 24.5 Å². The van der Waals surface area contributed by atoms with Crippen LogP contribution >= 0.6 is 0 Å². The van der Waals surface area contributed by atoms with Crippen LogP contribution in [0.3, 0.4) is 0 Å². The fourth-order valence-corrected chi connectivity index (χ4v) is 4.49. The number of amides is 1. The van der Waals surface area contributed by atoms with E-state index in [2.05, 4.69) is 22.4 Å². The zero-order chi connectivity index (χ0) is 19.4. The summed E-state index contributed by atoms with van der Waals surface area (Å²) < 4.78 is 5.61. The standard InChI is InChI=1S/C24H26N2O2/c1-28-21-12-3-2-11-20(21)24(13-4-5-14-24)17-26-22(27)16-19-9-6-8-18-10-7-15-25-23(18)19/h2-3,6-12,15H,4-5,13-14,16-17H2,1H3,(H,26,27). The van der Waals surface area contributed by atoms with E-state index in [1.165, 1.54) is 18.4 Å². The molecule has 1 saturated carbocycles. The highest BCUT2D eigenvalue weighted by Crippen LogP contribution is 2.44. The van der Waals surface area contributed by atoms with Gasteiger partial charge in [0.25, 0.3) is 0 Å². The van der Waals surface area contributed by atoms with Crippen molar-refractivity contribution in [3.05, 3.63) is 71.9 Å². The van der Waals surface area contributed by atoms with Crippen LogP contribution in [0.5, 0.6) is 5.75 Å². The van der Waals surface area contributed by atoms with Crippen LogP contribution in [0.25, 0.3) is 10.9 Å². The van der Waals surface area contributed by atoms with Gasteiger partial charge >= 0.3 is 0 Å². The zero-order valence-corrected chi connectivity index (χ0v) is 16.3. The van der Waals surface area contributed by atoms with Crippen molar-refractivity contribution in [2.45, 2.75) is 37.5 Å². The number of rotatable bonds is 6. The molecule has 4 nitrogen and oxygen atoms in total. The molecule has 0 radical (unpaired) electrons. The number of carbonyl (C=O) groups is 1. The van der Waals surface area contributed by atoms with E-state index in [4.69, 9.17) is 4.74 Å². The quantitative estimate of drug-likeness (QED) is 0.695. The molecule has 1 amide bonds. The predicted octanol–water partition coefficient (Wildman–Crippen LogP) is 4.41. The van der Waals surface area contributed by atoms with Crippen LogP contribution < -0.4 is 10.1 Å². The maximum atomic E-state index is 12.8. The molecule has 0 aliphatic heterocycles. The van der Waals surface area contributed by atoms with E-state index in [1.807, 2.05) is 42.5 Å². The van der Waals surface area contributed by atoms with Crippen molar-refractivity contribution in [3.63, 3.8) is 0 Å². The molecule has 0 unspecified atom stereocenters. The molecule has 0 spiro atoms. The van der Waals surface area contributed by atoms with Gasteiger partial charge in [0.05, 0.1) is 19.0 Å². The smallest absolute Gasteiger partial charge is 0.224 e. The first-order valence-corrected chi connectivity index (χ1v) is 9.95. The molecule has 28 heavy (non-hydrogen) atoms. The van der Waals surface area contributed by atoms with Gasteiger partial charge in [0.1, 0.15) is 5.75 Å². The summed E-state index contributed by atoms with van der Waals surface area (Å²) in [4.78, 5) is 17.2. The molecular weight excluding hydrogens is 348 g/mol. The van der Waals surface area contributed by atoms with E-state index >= 15 is 0 Å². The van der Waals surface area contributed by atoms with Crippen LogP contribution in [0.4, 0.5) is 0 Å². The number of carbonyl (C=O) groups excluding carboxylic acids is 1. The van der Waals surface area contributed by atoms with E-state index in [1.54, 1.807) is 13.3 Å². The van der Waals surface area contributed by atoms with E-state index in [-0.39, 0.29) is 11.3 Å². The number of nitrogens with one attached hydrogen (secondary N) is 1. The Hall–Kier alpha value is -2.88. The number of hydrogen-bond acceptors (Lipinski definition) is 3. The number of fused-ring (bicyclic) bond motifs is 1. The van der Waals surface area contributed by atoms with Crippen molar-refractivity contribution in [3.8, 4) is 5.75 Å². The minimum Gasteiger partial charge on any atom is -0.496 e. The van der Waals surface area contributed by atoms with E-state index in [9.17, 15) is 4.79 Å². The van der Waals surface area contributed by atoms with Crippen molar-refractivity contribution < 1.29 is 9.53 Å². The molecule has 4 rings (SSSR count). The van der Waals surface area contributed by atoms with Gasteiger partial charge in [-0.05, 0) is 30.5 Å². The van der Waals surface area contributed by atoms with Gasteiger partial charge in [0.15, 0.2) is 0 Å². The highest BCUT2D eigenvalue weighted by molar-refractivity contribution is 5.87. The third-order valence-electron chi connectivity index (χ3n) is 5.93. The maximum absolute atomic E-state index is 12.8. The van der Waals surface area contributed by atoms with E-state index < -0.39 is 0 Å². The molecule has 3 aromatic rings. The lowest BCUT2D eigenvalue weighted by atomic mass is 9.78. The Morgan fingerprint density at radius 3 is 2.68 bits per heavy atom. The molecule has 2 aromatic carbocycles. The Morgan fingerprint density at radius 1 is 1.07 bits per heavy atom. The minimum absolute atomic E-state index is 0.0410. The average Bonchev–Trinajstić information content (AvgIpc) is 3.23. The summed E-state index contributed by atoms with van der Waals surface area (Å²) in [5, 5.41) is 4.27. The molecule has 0 bridgehead atoms. The summed E-state index contributed by atoms with van der Waals surface area (Å²) in [6.45, 7) is 0.643. The minimum atomic E-state index is -0.0424. The van der Waals surface area contributed by atoms with Crippen molar-refractivity contribution in [2.24, 2.45) is 0 Å². The van der Waals surface area contributed by atoms with Gasteiger partial charge in [-0.25, -0.2) is 0 Å². The predicted molar refractivity (Wildman–Crippen MR) is 112 cm³/mol. The van der Waals surface area contributed by atoms with Crippen LogP contribution in [0.1, 0.15) is 36.8 Å². The van der Waals surface area contributed by atoms with Crippen LogP contribution in [0, 0.1) is 0 Å². The van der Waals surface area contributed by atoms with Gasteiger partial charge in [-0.15, -0.1) is 0 Å². The summed E-state index contributed by atoms with van der Waals surface area (Å²) in [5.74, 6) is 0.955. The summed E-state index contributed by atoms with van der Waals surface area (Å²) in [6, 6.07) is 18.2. The Kier molecular flexibility index (Phi) is 5.29. The van der Waals surface area contributed by atoms with Crippen LogP contribution in [0.15, 0.2) is 60.8 Å². The Balaban J connectivity index is 1.51. The monoisotopic (exact) mass is 374 g/mol. The molecule has 4 heteroatoms. The van der Waals surface area contributed by atoms with Gasteiger partial charge in [0.2, 0.25) is 5.91 Å². The summed E-state index contributed by atoms with van der Waals surface area (Å²) in [6.07, 6.45) is 6.63.